The van der Waals surface area contributed by atoms with Gasteiger partial charge in [0, 0.05) is 12.4 Å². The smallest absolute Gasteiger partial charge is 0.358 e. The molecule has 0 aliphatic heterocycles. The van der Waals surface area contributed by atoms with E-state index in [9.17, 15) is 4.79 Å². The van der Waals surface area contributed by atoms with Gasteiger partial charge in [-0.2, -0.15) is 0 Å². The minimum absolute atomic E-state index is 0.0628. The van der Waals surface area contributed by atoms with E-state index in [-0.39, 0.29) is 18.9 Å². The Morgan fingerprint density at radius 3 is 2.71 bits per heavy atom. The number of imidazole rings is 1. The third-order valence-corrected chi connectivity index (χ3v) is 3.90. The minimum Gasteiger partial charge on any atom is -0.487 e. The summed E-state index contributed by atoms with van der Waals surface area (Å²) in [6.45, 7) is 2.17. The van der Waals surface area contributed by atoms with Crippen LogP contribution in [0.3, 0.4) is 0 Å². The molecule has 2 aromatic heterocycles. The molecule has 3 rings (SSSR count). The molecule has 0 aliphatic carbocycles. The number of esters is 1. The molecule has 1 aromatic carbocycles. The van der Waals surface area contributed by atoms with Crippen molar-refractivity contribution in [3.05, 3.63) is 64.0 Å². The van der Waals surface area contributed by atoms with E-state index in [4.69, 9.17) is 32.7 Å². The fraction of sp³-hybridized carbons (Fsp3) is 0.176. The van der Waals surface area contributed by atoms with Crippen LogP contribution in [0.4, 0.5) is 0 Å². The Kier molecular flexibility index (Phi) is 4.92. The first kappa shape index (κ1) is 16.6. The van der Waals surface area contributed by atoms with Crippen molar-refractivity contribution in [3.63, 3.8) is 0 Å². The molecule has 0 atom stereocenters. The fourth-order valence-electron chi connectivity index (χ4n) is 2.15. The number of hydrogen-bond donors (Lipinski definition) is 0. The van der Waals surface area contributed by atoms with E-state index in [1.165, 1.54) is 0 Å². The average Bonchev–Trinajstić information content (AvgIpc) is 2.96. The Balaban J connectivity index is 1.57. The van der Waals surface area contributed by atoms with Crippen LogP contribution in [0, 0.1) is 6.92 Å². The van der Waals surface area contributed by atoms with Gasteiger partial charge in [-0.05, 0) is 36.8 Å². The standard InChI is InChI=1S/C17H14Cl2N2O3/c1-11-5-6-21-10-14(20-15(21)9-11)17(22)24-8-7-23-16-12(18)3-2-4-13(16)19/h2-6,9-10H,7-8H2,1H3. The van der Waals surface area contributed by atoms with E-state index in [0.29, 0.717) is 21.4 Å². The fourth-order valence-corrected chi connectivity index (χ4v) is 2.66. The van der Waals surface area contributed by atoms with Gasteiger partial charge < -0.3 is 13.9 Å². The highest BCUT2D eigenvalue weighted by molar-refractivity contribution is 6.37. The Morgan fingerprint density at radius 1 is 1.21 bits per heavy atom. The molecule has 0 bridgehead atoms. The van der Waals surface area contributed by atoms with Gasteiger partial charge in [-0.15, -0.1) is 0 Å². The van der Waals surface area contributed by atoms with Gasteiger partial charge in [0.2, 0.25) is 0 Å². The summed E-state index contributed by atoms with van der Waals surface area (Å²) in [5.41, 5.74) is 2.01. The van der Waals surface area contributed by atoms with E-state index in [1.54, 1.807) is 28.8 Å². The number of pyridine rings is 1. The zero-order chi connectivity index (χ0) is 17.1. The second-order valence-electron chi connectivity index (χ2n) is 5.13. The maximum absolute atomic E-state index is 12.0. The normalized spacial score (nSPS) is 10.8. The van der Waals surface area contributed by atoms with E-state index in [2.05, 4.69) is 4.98 Å². The highest BCUT2D eigenvalue weighted by atomic mass is 35.5. The Morgan fingerprint density at radius 2 is 1.96 bits per heavy atom. The summed E-state index contributed by atoms with van der Waals surface area (Å²) in [5.74, 6) is -0.134. The molecular weight excluding hydrogens is 351 g/mol. The summed E-state index contributed by atoms with van der Waals surface area (Å²) >= 11 is 12.0. The van der Waals surface area contributed by atoms with Gasteiger partial charge in [-0.3, -0.25) is 0 Å². The summed E-state index contributed by atoms with van der Waals surface area (Å²) in [5, 5.41) is 0.814. The van der Waals surface area contributed by atoms with Crippen molar-refractivity contribution in [1.82, 2.24) is 9.38 Å². The van der Waals surface area contributed by atoms with Gasteiger partial charge in [0.05, 0.1) is 10.0 Å². The third-order valence-electron chi connectivity index (χ3n) is 3.31. The van der Waals surface area contributed by atoms with Crippen molar-refractivity contribution in [2.45, 2.75) is 6.92 Å². The number of benzene rings is 1. The van der Waals surface area contributed by atoms with Crippen LogP contribution in [0.1, 0.15) is 16.1 Å². The molecule has 0 amide bonds. The second-order valence-corrected chi connectivity index (χ2v) is 5.95. The molecule has 0 aliphatic rings. The molecular formula is C17H14Cl2N2O3. The number of carbonyl (C=O) groups excluding carboxylic acids is 1. The monoisotopic (exact) mass is 364 g/mol. The van der Waals surface area contributed by atoms with Gasteiger partial charge in [0.1, 0.15) is 18.9 Å². The molecule has 0 saturated heterocycles. The van der Waals surface area contributed by atoms with Crippen molar-refractivity contribution < 1.29 is 14.3 Å². The number of halogens is 2. The lowest BCUT2D eigenvalue weighted by molar-refractivity contribution is 0.0444. The molecule has 124 valence electrons. The molecule has 0 fully saturated rings. The van der Waals surface area contributed by atoms with Crippen molar-refractivity contribution in [2.24, 2.45) is 0 Å². The van der Waals surface area contributed by atoms with Crippen LogP contribution in [0.15, 0.2) is 42.7 Å². The van der Waals surface area contributed by atoms with E-state index < -0.39 is 5.97 Å². The number of carbonyl (C=O) groups is 1. The average molecular weight is 365 g/mol. The topological polar surface area (TPSA) is 52.8 Å². The highest BCUT2D eigenvalue weighted by Crippen LogP contribution is 2.32. The highest BCUT2D eigenvalue weighted by Gasteiger charge is 2.13. The molecule has 7 heteroatoms. The van der Waals surface area contributed by atoms with Crippen LogP contribution in [-0.2, 0) is 4.74 Å². The SMILES string of the molecule is Cc1ccn2cc(C(=O)OCCOc3c(Cl)cccc3Cl)nc2c1. The quantitative estimate of drug-likeness (QED) is 0.503. The van der Waals surface area contributed by atoms with Gasteiger partial charge >= 0.3 is 5.97 Å². The first-order valence-corrected chi connectivity index (χ1v) is 7.99. The zero-order valence-corrected chi connectivity index (χ0v) is 14.3. The number of nitrogens with zero attached hydrogens (tertiary/aromatic N) is 2. The number of rotatable bonds is 5. The lowest BCUT2D eigenvalue weighted by Crippen LogP contribution is -2.13. The van der Waals surface area contributed by atoms with Crippen LogP contribution in [-0.4, -0.2) is 28.6 Å². The van der Waals surface area contributed by atoms with Gasteiger partial charge in [0.15, 0.2) is 11.4 Å². The number of fused-ring (bicyclic) bond motifs is 1. The summed E-state index contributed by atoms with van der Waals surface area (Å²) in [6.07, 6.45) is 3.47. The van der Waals surface area contributed by atoms with E-state index >= 15 is 0 Å². The van der Waals surface area contributed by atoms with E-state index in [0.717, 1.165) is 5.56 Å². The third kappa shape index (κ3) is 3.63. The second kappa shape index (κ2) is 7.11. The predicted molar refractivity (Wildman–Crippen MR) is 92.2 cm³/mol. The molecule has 5 nitrogen and oxygen atoms in total. The number of aryl methyl sites for hydroxylation is 1. The Labute approximate surface area is 148 Å². The molecule has 0 radical (unpaired) electrons. The number of ether oxygens (including phenoxy) is 2. The summed E-state index contributed by atoms with van der Waals surface area (Å²) in [7, 11) is 0. The lowest BCUT2D eigenvalue weighted by Gasteiger charge is -2.09. The number of aromatic nitrogens is 2. The molecule has 0 spiro atoms. The van der Waals surface area contributed by atoms with E-state index in [1.807, 2.05) is 25.3 Å². The molecule has 2 heterocycles. The van der Waals surface area contributed by atoms with Crippen LogP contribution in [0.5, 0.6) is 5.75 Å². The summed E-state index contributed by atoms with van der Waals surface area (Å²) < 4.78 is 12.4. The maximum atomic E-state index is 12.0. The van der Waals surface area contributed by atoms with Crippen molar-refractivity contribution in [3.8, 4) is 5.75 Å². The van der Waals surface area contributed by atoms with Crippen LogP contribution in [0.2, 0.25) is 10.0 Å². The molecule has 3 aromatic rings. The van der Waals surface area contributed by atoms with Crippen molar-refractivity contribution in [2.75, 3.05) is 13.2 Å². The number of para-hydroxylation sites is 1. The van der Waals surface area contributed by atoms with Gasteiger partial charge in [-0.1, -0.05) is 29.3 Å². The van der Waals surface area contributed by atoms with Crippen molar-refractivity contribution in [1.29, 1.82) is 0 Å². The Bertz CT molecular complexity index is 872. The Hall–Kier alpha value is -2.24. The predicted octanol–water partition coefficient (Wildman–Crippen LogP) is 4.19. The van der Waals surface area contributed by atoms with Crippen LogP contribution >= 0.6 is 23.2 Å². The molecule has 0 unspecified atom stereocenters. The lowest BCUT2D eigenvalue weighted by atomic mass is 10.3. The van der Waals surface area contributed by atoms with Crippen molar-refractivity contribution >= 4 is 34.8 Å². The zero-order valence-electron chi connectivity index (χ0n) is 12.8. The van der Waals surface area contributed by atoms with Gasteiger partial charge in [0.25, 0.3) is 0 Å². The molecule has 24 heavy (non-hydrogen) atoms. The number of hydrogen-bond acceptors (Lipinski definition) is 4. The first-order valence-electron chi connectivity index (χ1n) is 7.24. The summed E-state index contributed by atoms with van der Waals surface area (Å²) in [4.78, 5) is 16.3. The maximum Gasteiger partial charge on any atom is 0.358 e. The van der Waals surface area contributed by atoms with Crippen LogP contribution in [0.25, 0.3) is 5.65 Å². The molecule has 0 saturated carbocycles. The van der Waals surface area contributed by atoms with Gasteiger partial charge in [-0.25, -0.2) is 9.78 Å². The summed E-state index contributed by atoms with van der Waals surface area (Å²) in [6, 6.07) is 8.90. The largest absolute Gasteiger partial charge is 0.487 e. The molecule has 0 N–H and O–H groups in total. The minimum atomic E-state index is -0.509. The van der Waals surface area contributed by atoms with Crippen LogP contribution < -0.4 is 4.74 Å². The first-order chi connectivity index (χ1) is 11.5.